The highest BCUT2D eigenvalue weighted by molar-refractivity contribution is 5.96. The average Bonchev–Trinajstić information content (AvgIpc) is 2.43. The Labute approximate surface area is 114 Å². The average molecular weight is 266 g/mol. The van der Waals surface area contributed by atoms with E-state index < -0.39 is 0 Å². The van der Waals surface area contributed by atoms with E-state index >= 15 is 0 Å². The molecule has 0 heterocycles. The van der Waals surface area contributed by atoms with Crippen molar-refractivity contribution in [2.75, 3.05) is 27.3 Å². The van der Waals surface area contributed by atoms with Crippen molar-refractivity contribution in [2.45, 2.75) is 20.8 Å². The van der Waals surface area contributed by atoms with Gasteiger partial charge in [0.15, 0.2) is 11.5 Å². The standard InChI is InChI=1S/C14H22N2O3/c1-6-16(7-2)15-14(17)11-9-13(19-5)12(18-4)8-10(11)3/h8-9H,6-7H2,1-5H3,(H,15,17). The highest BCUT2D eigenvalue weighted by atomic mass is 16.5. The second-order valence-electron chi connectivity index (χ2n) is 4.14. The number of methoxy groups -OCH3 is 2. The van der Waals surface area contributed by atoms with Crippen molar-refractivity contribution in [2.24, 2.45) is 0 Å². The van der Waals surface area contributed by atoms with Crippen LogP contribution >= 0.6 is 0 Å². The fourth-order valence-corrected chi connectivity index (χ4v) is 1.81. The van der Waals surface area contributed by atoms with Crippen LogP contribution in [0.1, 0.15) is 29.8 Å². The quantitative estimate of drug-likeness (QED) is 0.800. The fourth-order valence-electron chi connectivity index (χ4n) is 1.81. The number of ether oxygens (including phenoxy) is 2. The number of amides is 1. The summed E-state index contributed by atoms with van der Waals surface area (Å²) in [4.78, 5) is 12.2. The minimum Gasteiger partial charge on any atom is -0.493 e. The van der Waals surface area contributed by atoms with Crippen LogP contribution in [-0.4, -0.2) is 38.2 Å². The van der Waals surface area contributed by atoms with Gasteiger partial charge in [0, 0.05) is 18.7 Å². The summed E-state index contributed by atoms with van der Waals surface area (Å²) in [6, 6.07) is 3.50. The van der Waals surface area contributed by atoms with Crippen molar-refractivity contribution in [3.05, 3.63) is 23.3 Å². The van der Waals surface area contributed by atoms with Crippen LogP contribution in [-0.2, 0) is 0 Å². The van der Waals surface area contributed by atoms with Crippen LogP contribution in [0.4, 0.5) is 0 Å². The molecule has 1 aromatic rings. The topological polar surface area (TPSA) is 50.8 Å². The van der Waals surface area contributed by atoms with Crippen molar-refractivity contribution in [3.63, 3.8) is 0 Å². The van der Waals surface area contributed by atoms with E-state index in [0.29, 0.717) is 17.1 Å². The van der Waals surface area contributed by atoms with E-state index in [9.17, 15) is 4.79 Å². The number of hydrazine groups is 1. The minimum atomic E-state index is -0.137. The molecule has 5 nitrogen and oxygen atoms in total. The molecule has 0 fully saturated rings. The zero-order valence-electron chi connectivity index (χ0n) is 12.2. The molecule has 1 N–H and O–H groups in total. The molecule has 0 aromatic heterocycles. The van der Waals surface area contributed by atoms with Gasteiger partial charge in [0.1, 0.15) is 0 Å². The molecule has 0 saturated heterocycles. The van der Waals surface area contributed by atoms with Crippen molar-refractivity contribution < 1.29 is 14.3 Å². The van der Waals surface area contributed by atoms with Gasteiger partial charge >= 0.3 is 0 Å². The van der Waals surface area contributed by atoms with Gasteiger partial charge in [-0.25, -0.2) is 5.01 Å². The Morgan fingerprint density at radius 1 is 1.16 bits per heavy atom. The summed E-state index contributed by atoms with van der Waals surface area (Å²) < 4.78 is 10.4. The van der Waals surface area contributed by atoms with Gasteiger partial charge in [0.2, 0.25) is 0 Å². The van der Waals surface area contributed by atoms with Gasteiger partial charge in [-0.1, -0.05) is 13.8 Å². The number of hydrogen-bond acceptors (Lipinski definition) is 4. The number of hydrogen-bond donors (Lipinski definition) is 1. The molecule has 0 saturated carbocycles. The fraction of sp³-hybridized carbons (Fsp3) is 0.500. The maximum Gasteiger partial charge on any atom is 0.265 e. The predicted molar refractivity (Wildman–Crippen MR) is 74.7 cm³/mol. The number of nitrogens with zero attached hydrogens (tertiary/aromatic N) is 1. The monoisotopic (exact) mass is 266 g/mol. The molecule has 0 unspecified atom stereocenters. The Balaban J connectivity index is 3.03. The number of carbonyl (C=O) groups excluding carboxylic acids is 1. The van der Waals surface area contributed by atoms with Gasteiger partial charge in [0.25, 0.3) is 5.91 Å². The molecular weight excluding hydrogens is 244 g/mol. The first-order chi connectivity index (χ1) is 9.07. The predicted octanol–water partition coefficient (Wildman–Crippen LogP) is 2.00. The van der Waals surface area contributed by atoms with Gasteiger partial charge in [-0.3, -0.25) is 10.2 Å². The first kappa shape index (κ1) is 15.3. The molecular formula is C14H22N2O3. The Hall–Kier alpha value is -1.75. The lowest BCUT2D eigenvalue weighted by molar-refractivity contribution is 0.0804. The van der Waals surface area contributed by atoms with E-state index in [1.165, 1.54) is 0 Å². The summed E-state index contributed by atoms with van der Waals surface area (Å²) in [5.41, 5.74) is 4.30. The largest absolute Gasteiger partial charge is 0.493 e. The number of rotatable bonds is 6. The highest BCUT2D eigenvalue weighted by Crippen LogP contribution is 2.30. The third-order valence-electron chi connectivity index (χ3n) is 3.00. The summed E-state index contributed by atoms with van der Waals surface area (Å²) in [6.45, 7) is 7.37. The lowest BCUT2D eigenvalue weighted by Crippen LogP contribution is -2.42. The van der Waals surface area contributed by atoms with Crippen LogP contribution in [0.25, 0.3) is 0 Å². The number of carbonyl (C=O) groups is 1. The van der Waals surface area contributed by atoms with E-state index in [4.69, 9.17) is 9.47 Å². The van der Waals surface area contributed by atoms with E-state index in [0.717, 1.165) is 18.7 Å². The van der Waals surface area contributed by atoms with E-state index in [1.54, 1.807) is 26.4 Å². The van der Waals surface area contributed by atoms with Crippen molar-refractivity contribution in [1.29, 1.82) is 0 Å². The number of benzene rings is 1. The van der Waals surface area contributed by atoms with Gasteiger partial charge in [-0.05, 0) is 24.6 Å². The Morgan fingerprint density at radius 2 is 1.68 bits per heavy atom. The lowest BCUT2D eigenvalue weighted by Gasteiger charge is -2.20. The van der Waals surface area contributed by atoms with E-state index in [-0.39, 0.29) is 5.91 Å². The zero-order chi connectivity index (χ0) is 14.4. The Morgan fingerprint density at radius 3 is 2.16 bits per heavy atom. The van der Waals surface area contributed by atoms with Gasteiger partial charge in [0.05, 0.1) is 14.2 Å². The summed E-state index contributed by atoms with van der Waals surface area (Å²) in [7, 11) is 3.13. The van der Waals surface area contributed by atoms with Gasteiger partial charge in [-0.15, -0.1) is 0 Å². The zero-order valence-corrected chi connectivity index (χ0v) is 12.2. The molecule has 0 atom stereocenters. The van der Waals surface area contributed by atoms with Crippen LogP contribution in [0.5, 0.6) is 11.5 Å². The maximum absolute atomic E-state index is 12.2. The molecule has 0 bridgehead atoms. The summed E-state index contributed by atoms with van der Waals surface area (Å²) in [5.74, 6) is 1.04. The second kappa shape index (κ2) is 6.99. The molecule has 0 radical (unpaired) electrons. The van der Waals surface area contributed by atoms with E-state index in [1.807, 2.05) is 25.8 Å². The molecule has 0 aliphatic carbocycles. The first-order valence-electron chi connectivity index (χ1n) is 6.35. The minimum absolute atomic E-state index is 0.137. The smallest absolute Gasteiger partial charge is 0.265 e. The third-order valence-corrected chi connectivity index (χ3v) is 3.00. The molecule has 1 rings (SSSR count). The summed E-state index contributed by atoms with van der Waals surface area (Å²) in [6.07, 6.45) is 0. The van der Waals surface area contributed by atoms with Gasteiger partial charge < -0.3 is 9.47 Å². The van der Waals surface area contributed by atoms with Crippen LogP contribution < -0.4 is 14.9 Å². The van der Waals surface area contributed by atoms with Crippen molar-refractivity contribution >= 4 is 5.91 Å². The SMILES string of the molecule is CCN(CC)NC(=O)c1cc(OC)c(OC)cc1C. The van der Waals surface area contributed by atoms with Crippen LogP contribution in [0.3, 0.4) is 0 Å². The van der Waals surface area contributed by atoms with Gasteiger partial charge in [-0.2, -0.15) is 0 Å². The molecule has 0 spiro atoms. The number of nitrogens with one attached hydrogen (secondary N) is 1. The van der Waals surface area contributed by atoms with Crippen molar-refractivity contribution in [3.8, 4) is 11.5 Å². The molecule has 0 aliphatic heterocycles. The maximum atomic E-state index is 12.2. The van der Waals surface area contributed by atoms with Crippen LogP contribution in [0.15, 0.2) is 12.1 Å². The Bertz CT molecular complexity index is 443. The normalized spacial score (nSPS) is 10.4. The van der Waals surface area contributed by atoms with Crippen LogP contribution in [0.2, 0.25) is 0 Å². The third kappa shape index (κ3) is 3.61. The van der Waals surface area contributed by atoms with Crippen LogP contribution in [0, 0.1) is 6.92 Å². The highest BCUT2D eigenvalue weighted by Gasteiger charge is 2.15. The van der Waals surface area contributed by atoms with Crippen molar-refractivity contribution in [1.82, 2.24) is 10.4 Å². The molecule has 0 aliphatic rings. The Kier molecular flexibility index (Phi) is 5.63. The molecule has 1 aromatic carbocycles. The summed E-state index contributed by atoms with van der Waals surface area (Å²) in [5, 5.41) is 1.85. The summed E-state index contributed by atoms with van der Waals surface area (Å²) >= 11 is 0. The number of aryl methyl sites for hydroxylation is 1. The molecule has 1 amide bonds. The molecule has 106 valence electrons. The second-order valence-corrected chi connectivity index (χ2v) is 4.14. The first-order valence-corrected chi connectivity index (χ1v) is 6.35. The van der Waals surface area contributed by atoms with E-state index in [2.05, 4.69) is 5.43 Å². The molecule has 19 heavy (non-hydrogen) atoms. The molecule has 5 heteroatoms. The lowest BCUT2D eigenvalue weighted by atomic mass is 10.1.